The Labute approximate surface area is 136 Å². The number of unbranched alkanes of at least 4 members (excludes halogenated alkanes) is 1. The van der Waals surface area contributed by atoms with Gasteiger partial charge in [0.2, 0.25) is 5.88 Å². The lowest BCUT2D eigenvalue weighted by Crippen LogP contribution is -1.96. The second-order valence-electron chi connectivity index (χ2n) is 5.68. The molecule has 0 amide bonds. The van der Waals surface area contributed by atoms with Crippen LogP contribution in [0.25, 0.3) is 10.9 Å². The zero-order valence-corrected chi connectivity index (χ0v) is 13.5. The molecule has 0 fully saturated rings. The van der Waals surface area contributed by atoms with Crippen LogP contribution in [0.2, 0.25) is 0 Å². The first kappa shape index (κ1) is 15.3. The number of aryl methyl sites for hydroxylation is 2. The Balaban J connectivity index is 2.07. The number of benzene rings is 2. The average Bonchev–Trinajstić information content (AvgIpc) is 2.84. The number of rotatable bonds is 5. The topological polar surface area (TPSA) is 49.9 Å². The summed E-state index contributed by atoms with van der Waals surface area (Å²) in [6.45, 7) is 4.92. The number of hydrogen-bond acceptors (Lipinski definition) is 3. The molecule has 3 aromatic rings. The molecule has 0 aliphatic rings. The van der Waals surface area contributed by atoms with E-state index in [1.54, 1.807) is 0 Å². The third-order valence-electron chi connectivity index (χ3n) is 4.03. The summed E-state index contributed by atoms with van der Waals surface area (Å²) in [6, 6.07) is 15.8. The quantitative estimate of drug-likeness (QED) is 0.589. The number of fused-ring (bicyclic) bond motifs is 1. The van der Waals surface area contributed by atoms with Gasteiger partial charge in [-0.25, -0.2) is 0 Å². The Morgan fingerprint density at radius 1 is 1.00 bits per heavy atom. The van der Waals surface area contributed by atoms with E-state index in [2.05, 4.69) is 17.2 Å². The lowest BCUT2D eigenvalue weighted by atomic mass is 10.2. The molecule has 3 rings (SSSR count). The molecule has 1 aromatic heterocycles. The van der Waals surface area contributed by atoms with Gasteiger partial charge in [-0.3, -0.25) is 0 Å². The van der Waals surface area contributed by atoms with Crippen molar-refractivity contribution in [2.45, 2.75) is 33.2 Å². The van der Waals surface area contributed by atoms with E-state index >= 15 is 0 Å². The van der Waals surface area contributed by atoms with Crippen LogP contribution in [0.4, 0.5) is 11.4 Å². The van der Waals surface area contributed by atoms with Crippen molar-refractivity contribution in [2.75, 3.05) is 0 Å². The third kappa shape index (κ3) is 2.97. The van der Waals surface area contributed by atoms with Gasteiger partial charge in [0, 0.05) is 11.9 Å². The Kier molecular flexibility index (Phi) is 4.42. The van der Waals surface area contributed by atoms with Gasteiger partial charge in [0.05, 0.1) is 11.2 Å². The largest absolute Gasteiger partial charge is 0.493 e. The number of aromatic nitrogens is 1. The molecule has 0 aliphatic heterocycles. The van der Waals surface area contributed by atoms with E-state index in [1.807, 2.05) is 60.0 Å². The molecular formula is C19H21N3O. The maximum Gasteiger partial charge on any atom is 0.220 e. The Hall–Kier alpha value is -2.62. The molecule has 0 aliphatic carbocycles. The predicted molar refractivity (Wildman–Crippen MR) is 93.9 cm³/mol. The Morgan fingerprint density at radius 3 is 2.52 bits per heavy atom. The lowest BCUT2D eigenvalue weighted by molar-refractivity contribution is 0.418. The van der Waals surface area contributed by atoms with Crippen LogP contribution in [0.1, 0.15) is 25.3 Å². The monoisotopic (exact) mass is 307 g/mol. The Morgan fingerprint density at radius 2 is 1.74 bits per heavy atom. The fourth-order valence-electron chi connectivity index (χ4n) is 2.69. The van der Waals surface area contributed by atoms with Gasteiger partial charge in [-0.2, -0.15) is 5.11 Å². The van der Waals surface area contributed by atoms with E-state index in [-0.39, 0.29) is 5.88 Å². The molecule has 0 atom stereocenters. The van der Waals surface area contributed by atoms with E-state index in [1.165, 1.54) is 0 Å². The van der Waals surface area contributed by atoms with Gasteiger partial charge in [0.15, 0.2) is 5.69 Å². The molecule has 0 radical (unpaired) electrons. The smallest absolute Gasteiger partial charge is 0.220 e. The van der Waals surface area contributed by atoms with Crippen molar-refractivity contribution < 1.29 is 5.11 Å². The van der Waals surface area contributed by atoms with E-state index < -0.39 is 0 Å². The zero-order chi connectivity index (χ0) is 16.2. The summed E-state index contributed by atoms with van der Waals surface area (Å²) < 4.78 is 1.92. The molecule has 118 valence electrons. The van der Waals surface area contributed by atoms with Crippen LogP contribution in [0.5, 0.6) is 5.88 Å². The maximum atomic E-state index is 10.6. The van der Waals surface area contributed by atoms with Gasteiger partial charge in [-0.15, -0.1) is 5.11 Å². The molecule has 0 bridgehead atoms. The van der Waals surface area contributed by atoms with Crippen molar-refractivity contribution >= 4 is 22.3 Å². The van der Waals surface area contributed by atoms with Crippen molar-refractivity contribution in [3.05, 3.63) is 54.1 Å². The molecule has 1 N–H and O–H groups in total. The molecule has 0 saturated carbocycles. The third-order valence-corrected chi connectivity index (χ3v) is 4.03. The van der Waals surface area contributed by atoms with Crippen molar-refractivity contribution in [2.24, 2.45) is 10.2 Å². The van der Waals surface area contributed by atoms with Crippen molar-refractivity contribution in [1.82, 2.24) is 4.57 Å². The highest BCUT2D eigenvalue weighted by Gasteiger charge is 2.15. The minimum Gasteiger partial charge on any atom is -0.493 e. The van der Waals surface area contributed by atoms with E-state index in [9.17, 15) is 5.11 Å². The molecule has 1 heterocycles. The first-order chi connectivity index (χ1) is 11.2. The second-order valence-corrected chi connectivity index (χ2v) is 5.68. The number of azo groups is 1. The van der Waals surface area contributed by atoms with Crippen LogP contribution in [0.15, 0.2) is 58.8 Å². The SMILES string of the molecule is CCCCn1c(O)c(N=Nc2ccccc2C)c2ccccc21. The summed E-state index contributed by atoms with van der Waals surface area (Å²) in [7, 11) is 0. The molecule has 4 nitrogen and oxygen atoms in total. The summed E-state index contributed by atoms with van der Waals surface area (Å²) in [6.07, 6.45) is 2.09. The van der Waals surface area contributed by atoms with Crippen molar-refractivity contribution in [3.63, 3.8) is 0 Å². The highest BCUT2D eigenvalue weighted by Crippen LogP contribution is 2.39. The fraction of sp³-hybridized carbons (Fsp3) is 0.263. The molecule has 23 heavy (non-hydrogen) atoms. The van der Waals surface area contributed by atoms with Gasteiger partial charge in [-0.05, 0) is 31.0 Å². The summed E-state index contributed by atoms with van der Waals surface area (Å²) in [5.41, 5.74) is 3.42. The molecule has 0 spiro atoms. The Bertz CT molecular complexity index is 849. The average molecular weight is 307 g/mol. The fourth-order valence-corrected chi connectivity index (χ4v) is 2.69. The number of nitrogens with zero attached hydrogens (tertiary/aromatic N) is 3. The van der Waals surface area contributed by atoms with Crippen LogP contribution in [0, 0.1) is 6.92 Å². The molecule has 4 heteroatoms. The van der Waals surface area contributed by atoms with Gasteiger partial charge < -0.3 is 9.67 Å². The molecule has 0 unspecified atom stereocenters. The van der Waals surface area contributed by atoms with E-state index in [0.29, 0.717) is 5.69 Å². The molecule has 0 saturated heterocycles. The first-order valence-corrected chi connectivity index (χ1v) is 8.00. The normalized spacial score (nSPS) is 11.6. The van der Waals surface area contributed by atoms with Gasteiger partial charge >= 0.3 is 0 Å². The van der Waals surface area contributed by atoms with E-state index in [4.69, 9.17) is 0 Å². The highest BCUT2D eigenvalue weighted by atomic mass is 16.3. The summed E-state index contributed by atoms with van der Waals surface area (Å²) in [5, 5.41) is 20.2. The minimum absolute atomic E-state index is 0.192. The lowest BCUT2D eigenvalue weighted by Gasteiger charge is -2.05. The summed E-state index contributed by atoms with van der Waals surface area (Å²) in [4.78, 5) is 0. The summed E-state index contributed by atoms with van der Waals surface area (Å²) in [5.74, 6) is 0.192. The number of para-hydroxylation sites is 1. The standard InChI is InChI=1S/C19H21N3O/c1-3-4-13-22-17-12-8-6-10-15(17)18(19(22)23)21-20-16-11-7-5-9-14(16)2/h5-12,23H,3-4,13H2,1-2H3. The van der Waals surface area contributed by atoms with Crippen molar-refractivity contribution in [1.29, 1.82) is 0 Å². The number of aromatic hydroxyl groups is 1. The van der Waals surface area contributed by atoms with Crippen LogP contribution in [0.3, 0.4) is 0 Å². The van der Waals surface area contributed by atoms with Crippen LogP contribution >= 0.6 is 0 Å². The molecule has 2 aromatic carbocycles. The van der Waals surface area contributed by atoms with Gasteiger partial charge in [0.1, 0.15) is 0 Å². The van der Waals surface area contributed by atoms with Crippen LogP contribution in [-0.2, 0) is 6.54 Å². The number of hydrogen-bond donors (Lipinski definition) is 1. The zero-order valence-electron chi connectivity index (χ0n) is 13.5. The first-order valence-electron chi connectivity index (χ1n) is 8.00. The van der Waals surface area contributed by atoms with E-state index in [0.717, 1.165) is 41.5 Å². The van der Waals surface area contributed by atoms with Crippen LogP contribution in [-0.4, -0.2) is 9.67 Å². The predicted octanol–water partition coefficient (Wildman–Crippen LogP) is 5.87. The maximum absolute atomic E-state index is 10.6. The summed E-state index contributed by atoms with van der Waals surface area (Å²) >= 11 is 0. The molecular weight excluding hydrogens is 286 g/mol. The van der Waals surface area contributed by atoms with Crippen molar-refractivity contribution in [3.8, 4) is 5.88 Å². The second kappa shape index (κ2) is 6.65. The van der Waals surface area contributed by atoms with Gasteiger partial charge in [-0.1, -0.05) is 49.7 Å². The van der Waals surface area contributed by atoms with Crippen LogP contribution < -0.4 is 0 Å². The highest BCUT2D eigenvalue weighted by molar-refractivity contribution is 5.95. The minimum atomic E-state index is 0.192. The van der Waals surface area contributed by atoms with Gasteiger partial charge in [0.25, 0.3) is 0 Å².